The summed E-state index contributed by atoms with van der Waals surface area (Å²) in [6.07, 6.45) is 0. The first-order chi connectivity index (χ1) is 9.47. The molecular formula is C14H12ClNO3S. The van der Waals surface area contributed by atoms with Gasteiger partial charge in [0.05, 0.1) is 10.9 Å². The standard InChI is InChI=1S/C14H12ClNO3S/c1-8(9-3-2-4-10(15)7-9)16-13(17)11-5-6-12(20-11)14(18)19/h2-8H,1H3,(H,16,17)(H,18,19). The number of nitrogens with one attached hydrogen (secondary N) is 1. The molecule has 2 N–H and O–H groups in total. The summed E-state index contributed by atoms with van der Waals surface area (Å²) in [4.78, 5) is 23.3. The summed E-state index contributed by atoms with van der Waals surface area (Å²) in [5.74, 6) is -1.33. The Morgan fingerprint density at radius 1 is 1.25 bits per heavy atom. The van der Waals surface area contributed by atoms with Crippen LogP contribution in [0.15, 0.2) is 36.4 Å². The average Bonchev–Trinajstić information content (AvgIpc) is 2.88. The van der Waals surface area contributed by atoms with Gasteiger partial charge in [0, 0.05) is 5.02 Å². The van der Waals surface area contributed by atoms with E-state index in [1.54, 1.807) is 12.1 Å². The molecule has 1 amide bonds. The van der Waals surface area contributed by atoms with Gasteiger partial charge in [0.2, 0.25) is 0 Å². The third-order valence-electron chi connectivity index (χ3n) is 2.74. The number of carboxylic acid groups (broad SMARTS) is 1. The first-order valence-corrected chi connectivity index (χ1v) is 7.06. The lowest BCUT2D eigenvalue weighted by molar-refractivity contribution is 0.0702. The number of carboxylic acids is 1. The summed E-state index contributed by atoms with van der Waals surface area (Å²) in [5, 5.41) is 12.3. The number of hydrogen-bond donors (Lipinski definition) is 2. The Bertz CT molecular complexity index is 653. The number of aromatic carboxylic acids is 1. The van der Waals surface area contributed by atoms with E-state index in [-0.39, 0.29) is 16.8 Å². The fraction of sp³-hybridized carbons (Fsp3) is 0.143. The van der Waals surface area contributed by atoms with Gasteiger partial charge in [-0.15, -0.1) is 11.3 Å². The van der Waals surface area contributed by atoms with Crippen molar-refractivity contribution >= 4 is 34.8 Å². The van der Waals surface area contributed by atoms with Crippen LogP contribution in [0.2, 0.25) is 5.02 Å². The highest BCUT2D eigenvalue weighted by Crippen LogP contribution is 2.20. The van der Waals surface area contributed by atoms with Crippen LogP contribution in [0.5, 0.6) is 0 Å². The normalized spacial score (nSPS) is 11.9. The second kappa shape index (κ2) is 6.07. The SMILES string of the molecule is CC(NC(=O)c1ccc(C(=O)O)s1)c1cccc(Cl)c1. The molecule has 0 spiro atoms. The number of carbonyl (C=O) groups excluding carboxylic acids is 1. The molecule has 0 aliphatic heterocycles. The predicted octanol–water partition coefficient (Wildman–Crippen LogP) is 3.59. The van der Waals surface area contributed by atoms with E-state index >= 15 is 0 Å². The zero-order valence-corrected chi connectivity index (χ0v) is 12.2. The summed E-state index contributed by atoms with van der Waals surface area (Å²) >= 11 is 6.86. The number of amides is 1. The predicted molar refractivity (Wildman–Crippen MR) is 78.6 cm³/mol. The molecule has 0 fully saturated rings. The second-order valence-electron chi connectivity index (χ2n) is 4.22. The van der Waals surface area contributed by atoms with Crippen LogP contribution in [-0.4, -0.2) is 17.0 Å². The van der Waals surface area contributed by atoms with Gasteiger partial charge in [-0.3, -0.25) is 4.79 Å². The molecule has 0 saturated heterocycles. The Morgan fingerprint density at radius 3 is 2.55 bits per heavy atom. The monoisotopic (exact) mass is 309 g/mol. The maximum atomic E-state index is 12.0. The Labute approximate surface area is 125 Å². The largest absolute Gasteiger partial charge is 0.477 e. The van der Waals surface area contributed by atoms with Crippen LogP contribution in [-0.2, 0) is 0 Å². The van der Waals surface area contributed by atoms with Crippen LogP contribution >= 0.6 is 22.9 Å². The minimum atomic E-state index is -1.03. The molecule has 1 atom stereocenters. The summed E-state index contributed by atoms with van der Waals surface area (Å²) in [6, 6.07) is 9.94. The van der Waals surface area contributed by atoms with Crippen molar-refractivity contribution in [2.24, 2.45) is 0 Å². The van der Waals surface area contributed by atoms with Gasteiger partial charge in [0.15, 0.2) is 0 Å². The van der Waals surface area contributed by atoms with E-state index in [1.807, 2.05) is 19.1 Å². The van der Waals surface area contributed by atoms with E-state index in [0.29, 0.717) is 9.90 Å². The molecule has 20 heavy (non-hydrogen) atoms. The summed E-state index contributed by atoms with van der Waals surface area (Å²) in [5.41, 5.74) is 0.890. The lowest BCUT2D eigenvalue weighted by atomic mass is 10.1. The Morgan fingerprint density at radius 2 is 1.95 bits per heavy atom. The highest BCUT2D eigenvalue weighted by atomic mass is 35.5. The van der Waals surface area contributed by atoms with Crippen molar-refractivity contribution < 1.29 is 14.7 Å². The molecule has 4 nitrogen and oxygen atoms in total. The van der Waals surface area contributed by atoms with Gasteiger partial charge in [-0.25, -0.2) is 4.79 Å². The fourth-order valence-electron chi connectivity index (χ4n) is 1.70. The Hall–Kier alpha value is -1.85. The van der Waals surface area contributed by atoms with Crippen molar-refractivity contribution in [2.75, 3.05) is 0 Å². The fourth-order valence-corrected chi connectivity index (χ4v) is 2.65. The topological polar surface area (TPSA) is 66.4 Å². The van der Waals surface area contributed by atoms with Crippen molar-refractivity contribution in [3.8, 4) is 0 Å². The number of hydrogen-bond acceptors (Lipinski definition) is 3. The van der Waals surface area contributed by atoms with Crippen molar-refractivity contribution in [3.05, 3.63) is 56.7 Å². The minimum absolute atomic E-state index is 0.144. The number of carbonyl (C=O) groups is 2. The molecule has 0 aliphatic rings. The maximum absolute atomic E-state index is 12.0. The third kappa shape index (κ3) is 3.37. The summed E-state index contributed by atoms with van der Waals surface area (Å²) < 4.78 is 0. The van der Waals surface area contributed by atoms with Gasteiger partial charge in [0.1, 0.15) is 4.88 Å². The quantitative estimate of drug-likeness (QED) is 0.907. The van der Waals surface area contributed by atoms with Crippen molar-refractivity contribution in [3.63, 3.8) is 0 Å². The molecule has 1 unspecified atom stereocenters. The molecular weight excluding hydrogens is 298 g/mol. The highest BCUT2D eigenvalue weighted by Gasteiger charge is 2.15. The lowest BCUT2D eigenvalue weighted by Gasteiger charge is -2.13. The molecule has 1 aromatic carbocycles. The molecule has 1 heterocycles. The van der Waals surface area contributed by atoms with Gasteiger partial charge in [-0.2, -0.15) is 0 Å². The van der Waals surface area contributed by atoms with Crippen LogP contribution in [0, 0.1) is 0 Å². The first kappa shape index (κ1) is 14.6. The summed E-state index contributed by atoms with van der Waals surface area (Å²) in [7, 11) is 0. The van der Waals surface area contributed by atoms with Crippen LogP contribution in [0.4, 0.5) is 0 Å². The lowest BCUT2D eigenvalue weighted by Crippen LogP contribution is -2.25. The van der Waals surface area contributed by atoms with Gasteiger partial charge in [-0.05, 0) is 36.8 Å². The minimum Gasteiger partial charge on any atom is -0.477 e. The first-order valence-electron chi connectivity index (χ1n) is 5.87. The number of thiophene rings is 1. The van der Waals surface area contributed by atoms with Gasteiger partial charge in [0.25, 0.3) is 5.91 Å². The summed E-state index contributed by atoms with van der Waals surface area (Å²) in [6.45, 7) is 1.84. The number of halogens is 1. The van der Waals surface area contributed by atoms with Crippen molar-refractivity contribution in [1.29, 1.82) is 0 Å². The van der Waals surface area contributed by atoms with Crippen molar-refractivity contribution in [2.45, 2.75) is 13.0 Å². The molecule has 0 radical (unpaired) electrons. The van der Waals surface area contributed by atoms with Crippen LogP contribution in [0.3, 0.4) is 0 Å². The van der Waals surface area contributed by atoms with E-state index in [1.165, 1.54) is 12.1 Å². The van der Waals surface area contributed by atoms with E-state index in [0.717, 1.165) is 16.9 Å². The van der Waals surface area contributed by atoms with Crippen LogP contribution in [0.25, 0.3) is 0 Å². The van der Waals surface area contributed by atoms with Crippen LogP contribution in [0.1, 0.15) is 37.9 Å². The smallest absolute Gasteiger partial charge is 0.345 e. The molecule has 1 aromatic heterocycles. The molecule has 2 aromatic rings. The second-order valence-corrected chi connectivity index (χ2v) is 5.74. The van der Waals surface area contributed by atoms with E-state index in [9.17, 15) is 9.59 Å². The number of rotatable bonds is 4. The zero-order chi connectivity index (χ0) is 14.7. The molecule has 0 saturated carbocycles. The Kier molecular flexibility index (Phi) is 4.42. The molecule has 2 rings (SSSR count). The van der Waals surface area contributed by atoms with E-state index in [2.05, 4.69) is 5.32 Å². The molecule has 6 heteroatoms. The van der Waals surface area contributed by atoms with Gasteiger partial charge >= 0.3 is 5.97 Å². The van der Waals surface area contributed by atoms with Crippen molar-refractivity contribution in [1.82, 2.24) is 5.32 Å². The molecule has 0 aliphatic carbocycles. The van der Waals surface area contributed by atoms with Gasteiger partial charge in [-0.1, -0.05) is 23.7 Å². The van der Waals surface area contributed by atoms with Gasteiger partial charge < -0.3 is 10.4 Å². The molecule has 104 valence electrons. The Balaban J connectivity index is 2.08. The number of benzene rings is 1. The highest BCUT2D eigenvalue weighted by molar-refractivity contribution is 7.15. The third-order valence-corrected chi connectivity index (χ3v) is 4.04. The van der Waals surface area contributed by atoms with Crippen LogP contribution < -0.4 is 5.32 Å². The molecule has 0 bridgehead atoms. The average molecular weight is 310 g/mol. The maximum Gasteiger partial charge on any atom is 0.345 e. The van der Waals surface area contributed by atoms with E-state index in [4.69, 9.17) is 16.7 Å². The van der Waals surface area contributed by atoms with E-state index < -0.39 is 5.97 Å². The zero-order valence-electron chi connectivity index (χ0n) is 10.6.